The standard InChI is InChI=1S/C21H29N3O5S2/c1-4-6-9-22-15(25)12-30-21-23-18-16(13(3)17(31-18)20(27)28-5-2)19(26)24(21)11-14-8-7-10-29-14/h14H,4-12H2,1-3H3,(H,22,25). The van der Waals surface area contributed by atoms with Crippen molar-refractivity contribution in [3.63, 3.8) is 0 Å². The number of aromatic nitrogens is 2. The first-order valence-electron chi connectivity index (χ1n) is 10.7. The van der Waals surface area contributed by atoms with Gasteiger partial charge in [0.05, 0.1) is 30.4 Å². The Morgan fingerprint density at radius 2 is 2.19 bits per heavy atom. The number of carbonyl (C=O) groups excluding carboxylic acids is 2. The fourth-order valence-electron chi connectivity index (χ4n) is 3.44. The first-order valence-corrected chi connectivity index (χ1v) is 12.5. The molecule has 1 atom stereocenters. The monoisotopic (exact) mass is 467 g/mol. The van der Waals surface area contributed by atoms with Gasteiger partial charge in [0.15, 0.2) is 5.16 Å². The zero-order valence-corrected chi connectivity index (χ0v) is 19.8. The number of carbonyl (C=O) groups is 2. The van der Waals surface area contributed by atoms with Gasteiger partial charge < -0.3 is 14.8 Å². The molecule has 1 saturated heterocycles. The highest BCUT2D eigenvalue weighted by Crippen LogP contribution is 2.30. The van der Waals surface area contributed by atoms with E-state index in [0.717, 1.165) is 37.0 Å². The molecule has 1 aliphatic heterocycles. The Hall–Kier alpha value is -1.91. The van der Waals surface area contributed by atoms with Gasteiger partial charge in [-0.05, 0) is 38.7 Å². The third-order valence-electron chi connectivity index (χ3n) is 5.07. The lowest BCUT2D eigenvalue weighted by molar-refractivity contribution is -0.118. The van der Waals surface area contributed by atoms with Crippen LogP contribution in [-0.2, 0) is 20.8 Å². The minimum absolute atomic E-state index is 0.0573. The maximum absolute atomic E-state index is 13.4. The molecule has 8 nitrogen and oxygen atoms in total. The molecule has 2 aromatic heterocycles. The van der Waals surface area contributed by atoms with Crippen LogP contribution in [0.3, 0.4) is 0 Å². The Kier molecular flexibility index (Phi) is 8.50. The van der Waals surface area contributed by atoms with Crippen molar-refractivity contribution in [2.24, 2.45) is 0 Å². The number of nitrogens with zero attached hydrogens (tertiary/aromatic N) is 2. The van der Waals surface area contributed by atoms with Crippen LogP contribution in [-0.4, -0.2) is 53.0 Å². The van der Waals surface area contributed by atoms with Gasteiger partial charge in [-0.3, -0.25) is 14.2 Å². The molecule has 1 unspecified atom stereocenters. The molecule has 170 valence electrons. The minimum Gasteiger partial charge on any atom is -0.462 e. The summed E-state index contributed by atoms with van der Waals surface area (Å²) in [7, 11) is 0. The Morgan fingerprint density at radius 1 is 1.39 bits per heavy atom. The van der Waals surface area contributed by atoms with Crippen LogP contribution < -0.4 is 10.9 Å². The summed E-state index contributed by atoms with van der Waals surface area (Å²) in [6, 6.07) is 0. The summed E-state index contributed by atoms with van der Waals surface area (Å²) in [5, 5.41) is 3.78. The maximum atomic E-state index is 13.4. The Morgan fingerprint density at radius 3 is 2.87 bits per heavy atom. The van der Waals surface area contributed by atoms with E-state index in [1.807, 2.05) is 0 Å². The van der Waals surface area contributed by atoms with E-state index >= 15 is 0 Å². The van der Waals surface area contributed by atoms with Gasteiger partial charge in [0.2, 0.25) is 5.91 Å². The molecule has 3 rings (SSSR count). The van der Waals surface area contributed by atoms with Crippen LogP contribution in [0, 0.1) is 6.92 Å². The van der Waals surface area contributed by atoms with Crippen molar-refractivity contribution in [3.05, 3.63) is 20.8 Å². The number of hydrogen-bond acceptors (Lipinski definition) is 8. The lowest BCUT2D eigenvalue weighted by Crippen LogP contribution is -2.30. The topological polar surface area (TPSA) is 99.5 Å². The first-order chi connectivity index (χ1) is 15.0. The lowest BCUT2D eigenvalue weighted by atomic mass is 10.2. The first kappa shape index (κ1) is 23.7. The number of rotatable bonds is 10. The number of thiophene rings is 1. The van der Waals surface area contributed by atoms with Crippen LogP contribution in [0.15, 0.2) is 9.95 Å². The summed E-state index contributed by atoms with van der Waals surface area (Å²) in [6.45, 7) is 7.52. The summed E-state index contributed by atoms with van der Waals surface area (Å²) < 4.78 is 12.5. The van der Waals surface area contributed by atoms with E-state index in [0.29, 0.717) is 45.5 Å². The molecule has 3 heterocycles. The maximum Gasteiger partial charge on any atom is 0.348 e. The van der Waals surface area contributed by atoms with Gasteiger partial charge in [-0.1, -0.05) is 25.1 Å². The molecular formula is C21H29N3O5S2. The van der Waals surface area contributed by atoms with Gasteiger partial charge in [-0.2, -0.15) is 0 Å². The fourth-order valence-corrected chi connectivity index (χ4v) is 5.39. The van der Waals surface area contributed by atoms with Crippen molar-refractivity contribution in [1.82, 2.24) is 14.9 Å². The van der Waals surface area contributed by atoms with Crippen LogP contribution >= 0.6 is 23.1 Å². The van der Waals surface area contributed by atoms with Crippen LogP contribution in [0.25, 0.3) is 10.2 Å². The number of unbranched alkanes of at least 4 members (excludes halogenated alkanes) is 1. The molecule has 10 heteroatoms. The average molecular weight is 468 g/mol. The van der Waals surface area contributed by atoms with Crippen molar-refractivity contribution in [2.45, 2.75) is 64.3 Å². The molecule has 1 aliphatic rings. The van der Waals surface area contributed by atoms with Crippen LogP contribution in [0.4, 0.5) is 0 Å². The number of nitrogens with one attached hydrogen (secondary N) is 1. The summed E-state index contributed by atoms with van der Waals surface area (Å²) in [6.07, 6.45) is 3.71. The van der Waals surface area contributed by atoms with Crippen LogP contribution in [0.1, 0.15) is 54.8 Å². The summed E-state index contributed by atoms with van der Waals surface area (Å²) in [5.74, 6) is -0.369. The largest absolute Gasteiger partial charge is 0.462 e. The molecule has 31 heavy (non-hydrogen) atoms. The zero-order chi connectivity index (χ0) is 22.4. The second-order valence-electron chi connectivity index (χ2n) is 7.39. The van der Waals surface area contributed by atoms with Crippen molar-refractivity contribution in [1.29, 1.82) is 0 Å². The van der Waals surface area contributed by atoms with Crippen molar-refractivity contribution in [2.75, 3.05) is 25.5 Å². The third-order valence-corrected chi connectivity index (χ3v) is 7.21. The number of aryl methyl sites for hydroxylation is 1. The summed E-state index contributed by atoms with van der Waals surface area (Å²) >= 11 is 2.39. The molecule has 1 amide bonds. The quantitative estimate of drug-likeness (QED) is 0.248. The molecule has 0 spiro atoms. The SMILES string of the molecule is CCCCNC(=O)CSc1nc2sc(C(=O)OCC)c(C)c2c(=O)n1CC1CCCO1. The normalized spacial score (nSPS) is 16.0. The Bertz CT molecular complexity index is 995. The molecule has 2 aromatic rings. The molecule has 0 aliphatic carbocycles. The second kappa shape index (κ2) is 11.1. The van der Waals surface area contributed by atoms with Crippen LogP contribution in [0.2, 0.25) is 0 Å². The molecular weight excluding hydrogens is 438 g/mol. The number of thioether (sulfide) groups is 1. The van der Waals surface area contributed by atoms with E-state index < -0.39 is 5.97 Å². The van der Waals surface area contributed by atoms with E-state index in [1.165, 1.54) is 11.8 Å². The lowest BCUT2D eigenvalue weighted by Gasteiger charge is -2.15. The smallest absolute Gasteiger partial charge is 0.348 e. The van der Waals surface area contributed by atoms with Crippen molar-refractivity contribution in [3.8, 4) is 0 Å². The highest BCUT2D eigenvalue weighted by Gasteiger charge is 2.25. The predicted octanol–water partition coefficient (Wildman–Crippen LogP) is 3.13. The van der Waals surface area contributed by atoms with E-state index in [9.17, 15) is 14.4 Å². The van der Waals surface area contributed by atoms with E-state index in [2.05, 4.69) is 17.2 Å². The molecule has 1 fully saturated rings. The van der Waals surface area contributed by atoms with Gasteiger partial charge >= 0.3 is 5.97 Å². The van der Waals surface area contributed by atoms with Crippen molar-refractivity contribution < 1.29 is 19.1 Å². The predicted molar refractivity (Wildman–Crippen MR) is 122 cm³/mol. The molecule has 0 bridgehead atoms. The highest BCUT2D eigenvalue weighted by molar-refractivity contribution is 7.99. The molecule has 1 N–H and O–H groups in total. The van der Waals surface area contributed by atoms with Crippen molar-refractivity contribution >= 4 is 45.2 Å². The molecule has 0 saturated carbocycles. The summed E-state index contributed by atoms with van der Waals surface area (Å²) in [5.41, 5.74) is 0.379. The highest BCUT2D eigenvalue weighted by atomic mass is 32.2. The Labute approximate surface area is 189 Å². The number of esters is 1. The minimum atomic E-state index is -0.447. The van der Waals surface area contributed by atoms with E-state index in [1.54, 1.807) is 18.4 Å². The van der Waals surface area contributed by atoms with Gasteiger partial charge in [-0.25, -0.2) is 9.78 Å². The number of amides is 1. The number of fused-ring (bicyclic) bond motifs is 1. The zero-order valence-electron chi connectivity index (χ0n) is 18.2. The fraction of sp³-hybridized carbons (Fsp3) is 0.619. The van der Waals surface area contributed by atoms with Gasteiger partial charge in [0.1, 0.15) is 9.71 Å². The molecule has 0 aromatic carbocycles. The Balaban J connectivity index is 1.94. The van der Waals surface area contributed by atoms with Crippen LogP contribution in [0.5, 0.6) is 0 Å². The second-order valence-corrected chi connectivity index (χ2v) is 9.34. The average Bonchev–Trinajstić information content (AvgIpc) is 3.37. The number of ether oxygens (including phenoxy) is 2. The van der Waals surface area contributed by atoms with Gasteiger partial charge in [0.25, 0.3) is 5.56 Å². The van der Waals surface area contributed by atoms with Gasteiger partial charge in [0, 0.05) is 13.2 Å². The third kappa shape index (κ3) is 5.67. The van der Waals surface area contributed by atoms with E-state index in [-0.39, 0.29) is 29.9 Å². The number of hydrogen-bond donors (Lipinski definition) is 1. The van der Waals surface area contributed by atoms with E-state index in [4.69, 9.17) is 9.47 Å². The summed E-state index contributed by atoms with van der Waals surface area (Å²) in [4.78, 5) is 43.5. The van der Waals surface area contributed by atoms with Gasteiger partial charge in [-0.15, -0.1) is 11.3 Å². The molecule has 0 radical (unpaired) electrons.